The van der Waals surface area contributed by atoms with Crippen LogP contribution in [0.4, 0.5) is 5.69 Å². The number of benzene rings is 3. The van der Waals surface area contributed by atoms with Gasteiger partial charge in [-0.3, -0.25) is 9.10 Å². The van der Waals surface area contributed by atoms with Gasteiger partial charge in [0.25, 0.3) is 15.9 Å². The van der Waals surface area contributed by atoms with Gasteiger partial charge in [-0.15, -0.1) is 0 Å². The van der Waals surface area contributed by atoms with Crippen LogP contribution in [0.25, 0.3) is 0 Å². The minimum Gasteiger partial charge on any atom is -0.497 e. The standard InChI is InChI=1S/C23H22ClN3O4S/c1-17-11-12-19(14-22(17)24)27(32(29,30)21-9-4-3-5-10-21)16-23(28)26-25-15-18-7-6-8-20(13-18)31-2/h3-15H,16H2,1-2H3,(H,26,28)/b25-15+. The Hall–Kier alpha value is -3.36. The van der Waals surface area contributed by atoms with Crippen LogP contribution in [0, 0.1) is 6.92 Å². The lowest BCUT2D eigenvalue weighted by Gasteiger charge is -2.24. The Bertz CT molecular complexity index is 1230. The largest absolute Gasteiger partial charge is 0.497 e. The number of carbonyl (C=O) groups excluding carboxylic acids is 1. The monoisotopic (exact) mass is 471 g/mol. The Morgan fingerprint density at radius 3 is 2.53 bits per heavy atom. The van der Waals surface area contributed by atoms with Crippen LogP contribution in [0.2, 0.25) is 5.02 Å². The molecular formula is C23H22ClN3O4S. The van der Waals surface area contributed by atoms with Gasteiger partial charge in [0.15, 0.2) is 0 Å². The highest BCUT2D eigenvalue weighted by molar-refractivity contribution is 7.92. The number of hydrogen-bond donors (Lipinski definition) is 1. The molecule has 3 aromatic carbocycles. The molecule has 0 radical (unpaired) electrons. The first kappa shape index (κ1) is 23.3. The van der Waals surface area contributed by atoms with Gasteiger partial charge in [-0.2, -0.15) is 5.10 Å². The second kappa shape index (κ2) is 10.3. The van der Waals surface area contributed by atoms with Crippen molar-refractivity contribution in [1.29, 1.82) is 0 Å². The number of hydrazone groups is 1. The summed E-state index contributed by atoms with van der Waals surface area (Å²) in [4.78, 5) is 12.6. The van der Waals surface area contributed by atoms with E-state index in [0.29, 0.717) is 16.3 Å². The van der Waals surface area contributed by atoms with Gasteiger partial charge in [-0.05, 0) is 54.4 Å². The molecule has 0 atom stereocenters. The molecule has 3 aromatic rings. The van der Waals surface area contributed by atoms with E-state index in [1.807, 2.05) is 6.92 Å². The fourth-order valence-corrected chi connectivity index (χ4v) is 4.45. The summed E-state index contributed by atoms with van der Waals surface area (Å²) in [7, 11) is -2.47. The highest BCUT2D eigenvalue weighted by Gasteiger charge is 2.27. The van der Waals surface area contributed by atoms with Crippen LogP contribution in [0.15, 0.2) is 82.8 Å². The minimum absolute atomic E-state index is 0.0596. The summed E-state index contributed by atoms with van der Waals surface area (Å²) < 4.78 is 32.7. The zero-order chi connectivity index (χ0) is 23.1. The molecule has 0 aliphatic rings. The molecule has 0 heterocycles. The summed E-state index contributed by atoms with van der Waals surface area (Å²) >= 11 is 6.21. The van der Waals surface area contributed by atoms with Gasteiger partial charge in [0.1, 0.15) is 12.3 Å². The zero-order valence-corrected chi connectivity index (χ0v) is 19.1. The van der Waals surface area contributed by atoms with Crippen molar-refractivity contribution in [2.45, 2.75) is 11.8 Å². The average molecular weight is 472 g/mol. The first-order chi connectivity index (χ1) is 15.3. The third kappa shape index (κ3) is 5.66. The lowest BCUT2D eigenvalue weighted by molar-refractivity contribution is -0.119. The topological polar surface area (TPSA) is 88.1 Å². The lowest BCUT2D eigenvalue weighted by Crippen LogP contribution is -2.39. The number of amides is 1. The molecule has 0 aliphatic carbocycles. The number of aryl methyl sites for hydroxylation is 1. The number of nitrogens with one attached hydrogen (secondary N) is 1. The fraction of sp³-hybridized carbons (Fsp3) is 0.130. The third-order valence-electron chi connectivity index (χ3n) is 4.56. The van der Waals surface area contributed by atoms with E-state index in [1.54, 1.807) is 61.7 Å². The molecule has 9 heteroatoms. The van der Waals surface area contributed by atoms with Crippen molar-refractivity contribution >= 4 is 39.4 Å². The number of anilines is 1. The molecule has 0 fully saturated rings. The van der Waals surface area contributed by atoms with Crippen LogP contribution in [0.3, 0.4) is 0 Å². The maximum atomic E-state index is 13.3. The van der Waals surface area contributed by atoms with Crippen LogP contribution in [0.1, 0.15) is 11.1 Å². The number of methoxy groups -OCH3 is 1. The molecule has 0 saturated carbocycles. The Morgan fingerprint density at radius 2 is 1.84 bits per heavy atom. The number of carbonyl (C=O) groups is 1. The van der Waals surface area contributed by atoms with Crippen LogP contribution < -0.4 is 14.5 Å². The predicted octanol–water partition coefficient (Wildman–Crippen LogP) is 4.00. The van der Waals surface area contributed by atoms with E-state index in [4.69, 9.17) is 16.3 Å². The van der Waals surface area contributed by atoms with E-state index >= 15 is 0 Å². The van der Waals surface area contributed by atoms with Crippen LogP contribution in [0.5, 0.6) is 5.75 Å². The predicted molar refractivity (Wildman–Crippen MR) is 126 cm³/mol. The van der Waals surface area contributed by atoms with Gasteiger partial charge in [0.2, 0.25) is 0 Å². The Balaban J connectivity index is 1.84. The van der Waals surface area contributed by atoms with E-state index in [2.05, 4.69) is 10.5 Å². The molecule has 0 aromatic heterocycles. The van der Waals surface area contributed by atoms with E-state index in [0.717, 1.165) is 9.87 Å². The quantitative estimate of drug-likeness (QED) is 0.397. The number of hydrogen-bond acceptors (Lipinski definition) is 5. The molecule has 32 heavy (non-hydrogen) atoms. The van der Waals surface area contributed by atoms with Gasteiger partial charge in [-0.1, -0.05) is 48.0 Å². The molecule has 7 nitrogen and oxygen atoms in total. The average Bonchev–Trinajstić information content (AvgIpc) is 2.80. The number of halogens is 1. The minimum atomic E-state index is -4.02. The van der Waals surface area contributed by atoms with Gasteiger partial charge in [0, 0.05) is 5.02 Å². The van der Waals surface area contributed by atoms with E-state index in [-0.39, 0.29) is 10.6 Å². The second-order valence-corrected chi connectivity index (χ2v) is 9.10. The molecule has 1 amide bonds. The normalized spacial score (nSPS) is 11.3. The molecule has 0 unspecified atom stereocenters. The van der Waals surface area contributed by atoms with Gasteiger partial charge in [-0.25, -0.2) is 13.8 Å². The third-order valence-corrected chi connectivity index (χ3v) is 6.75. The molecule has 0 spiro atoms. The van der Waals surface area contributed by atoms with E-state index in [1.165, 1.54) is 24.4 Å². The van der Waals surface area contributed by atoms with Gasteiger partial charge >= 0.3 is 0 Å². The van der Waals surface area contributed by atoms with E-state index in [9.17, 15) is 13.2 Å². The highest BCUT2D eigenvalue weighted by Crippen LogP contribution is 2.27. The lowest BCUT2D eigenvalue weighted by atomic mass is 10.2. The summed E-state index contributed by atoms with van der Waals surface area (Å²) in [5.41, 5.74) is 4.15. The molecule has 166 valence electrons. The Kier molecular flexibility index (Phi) is 7.50. The van der Waals surface area contributed by atoms with Crippen molar-refractivity contribution in [3.63, 3.8) is 0 Å². The van der Waals surface area contributed by atoms with E-state index < -0.39 is 22.5 Å². The second-order valence-electron chi connectivity index (χ2n) is 6.83. The first-order valence-corrected chi connectivity index (χ1v) is 11.4. The van der Waals surface area contributed by atoms with Crippen molar-refractivity contribution in [2.75, 3.05) is 18.0 Å². The molecular weight excluding hydrogens is 450 g/mol. The molecule has 3 rings (SSSR count). The van der Waals surface area contributed by atoms with Crippen molar-refractivity contribution < 1.29 is 17.9 Å². The summed E-state index contributed by atoms with van der Waals surface area (Å²) in [5.74, 6) is 0.0389. The summed E-state index contributed by atoms with van der Waals surface area (Å²) in [6, 6.07) is 19.8. The van der Waals surface area contributed by atoms with Crippen molar-refractivity contribution in [3.05, 3.63) is 88.9 Å². The van der Waals surface area contributed by atoms with Crippen LogP contribution in [-0.2, 0) is 14.8 Å². The molecule has 0 saturated heterocycles. The molecule has 1 N–H and O–H groups in total. The number of sulfonamides is 1. The summed E-state index contributed by atoms with van der Waals surface area (Å²) in [6.07, 6.45) is 1.44. The van der Waals surface area contributed by atoms with Gasteiger partial charge in [0.05, 0.1) is 23.9 Å². The Morgan fingerprint density at radius 1 is 1.09 bits per heavy atom. The van der Waals surface area contributed by atoms with Crippen molar-refractivity contribution in [2.24, 2.45) is 5.10 Å². The van der Waals surface area contributed by atoms with Crippen LogP contribution >= 0.6 is 11.6 Å². The fourth-order valence-electron chi connectivity index (χ4n) is 2.84. The Labute approximate surface area is 192 Å². The first-order valence-electron chi connectivity index (χ1n) is 9.61. The van der Waals surface area contributed by atoms with Gasteiger partial charge < -0.3 is 4.74 Å². The maximum Gasteiger partial charge on any atom is 0.264 e. The maximum absolute atomic E-state index is 13.3. The number of ether oxygens (including phenoxy) is 1. The summed E-state index contributed by atoms with van der Waals surface area (Å²) in [6.45, 7) is 1.33. The molecule has 0 bridgehead atoms. The van der Waals surface area contributed by atoms with Crippen LogP contribution in [-0.4, -0.2) is 34.2 Å². The molecule has 0 aliphatic heterocycles. The van der Waals surface area contributed by atoms with Crippen molar-refractivity contribution in [3.8, 4) is 5.75 Å². The number of rotatable bonds is 8. The summed E-state index contributed by atoms with van der Waals surface area (Å²) in [5, 5.41) is 4.32. The smallest absolute Gasteiger partial charge is 0.264 e. The highest BCUT2D eigenvalue weighted by atomic mass is 35.5. The zero-order valence-electron chi connectivity index (χ0n) is 17.5. The number of nitrogens with zero attached hydrogens (tertiary/aromatic N) is 2. The SMILES string of the molecule is COc1cccc(/C=N/NC(=O)CN(c2ccc(C)c(Cl)c2)S(=O)(=O)c2ccccc2)c1. The van der Waals surface area contributed by atoms with Crippen molar-refractivity contribution in [1.82, 2.24) is 5.43 Å².